The van der Waals surface area contributed by atoms with E-state index in [0.29, 0.717) is 22.9 Å². The van der Waals surface area contributed by atoms with Gasteiger partial charge in [-0.1, -0.05) is 32.0 Å². The monoisotopic (exact) mass is 917 g/mol. The lowest BCUT2D eigenvalue weighted by Gasteiger charge is -2.28. The molecule has 65 heavy (non-hydrogen) atoms. The minimum absolute atomic E-state index is 0.0380. The summed E-state index contributed by atoms with van der Waals surface area (Å²) in [6.07, 6.45) is -1.94. The van der Waals surface area contributed by atoms with Gasteiger partial charge in [0, 0.05) is 36.4 Å². The van der Waals surface area contributed by atoms with Gasteiger partial charge in [-0.3, -0.25) is 43.2 Å². The maximum absolute atomic E-state index is 14.1. The molecule has 360 valence electrons. The molecule has 0 aliphatic carbocycles. The number of carboxylic acids is 2. The Kier molecular flexibility index (Phi) is 22.5. The SMILES string of the molecule is CC(C)CC(NC(=O)C(CCCCN)NC(=O)C(CCC(N)=O)NC(=O)C(Cc1c[nH]c2ccccc12)NC(=O)C(N)CC(N)=O)C(=O)NC(CCC(=O)O)C(=O)NC(C(=O)O)C(C)O. The Morgan fingerprint density at radius 2 is 1.15 bits per heavy atom. The van der Waals surface area contributed by atoms with Crippen LogP contribution in [0, 0.1) is 5.92 Å². The third-order valence-electron chi connectivity index (χ3n) is 10.0. The largest absolute Gasteiger partial charge is 0.481 e. The number of nitrogens with two attached hydrogens (primary N) is 4. The molecule has 24 nitrogen and oxygen atoms in total. The number of carbonyl (C=O) groups excluding carboxylic acids is 8. The van der Waals surface area contributed by atoms with Gasteiger partial charge >= 0.3 is 11.9 Å². The number of aliphatic carboxylic acids is 2. The van der Waals surface area contributed by atoms with Crippen LogP contribution < -0.4 is 54.8 Å². The highest BCUT2D eigenvalue weighted by atomic mass is 16.4. The second-order valence-electron chi connectivity index (χ2n) is 16.1. The molecule has 18 N–H and O–H groups in total. The first kappa shape index (κ1) is 54.5. The van der Waals surface area contributed by atoms with Crippen LogP contribution >= 0.6 is 0 Å². The Labute approximate surface area is 374 Å². The number of para-hydroxylation sites is 1. The average molecular weight is 918 g/mol. The molecule has 0 fully saturated rings. The van der Waals surface area contributed by atoms with Crippen molar-refractivity contribution in [3.05, 3.63) is 36.0 Å². The Balaban J connectivity index is 2.45. The molecule has 0 aliphatic heterocycles. The highest BCUT2D eigenvalue weighted by Gasteiger charge is 2.35. The van der Waals surface area contributed by atoms with Gasteiger partial charge in [0.05, 0.1) is 18.6 Å². The Bertz CT molecular complexity index is 2010. The third-order valence-corrected chi connectivity index (χ3v) is 10.0. The van der Waals surface area contributed by atoms with Gasteiger partial charge in [0.1, 0.15) is 30.2 Å². The van der Waals surface area contributed by atoms with Gasteiger partial charge in [0.2, 0.25) is 47.3 Å². The summed E-state index contributed by atoms with van der Waals surface area (Å²) < 4.78 is 0. The van der Waals surface area contributed by atoms with Crippen LogP contribution in [0.15, 0.2) is 30.5 Å². The lowest BCUT2D eigenvalue weighted by molar-refractivity contribution is -0.145. The zero-order valence-corrected chi connectivity index (χ0v) is 36.6. The van der Waals surface area contributed by atoms with Crippen LogP contribution in [0.5, 0.6) is 0 Å². The summed E-state index contributed by atoms with van der Waals surface area (Å²) in [6.45, 7) is 4.74. The fraction of sp³-hybridized carbons (Fsp3) is 0.561. The van der Waals surface area contributed by atoms with Crippen LogP contribution in [0.2, 0.25) is 0 Å². The van der Waals surface area contributed by atoms with Crippen molar-refractivity contribution < 1.29 is 63.3 Å². The second kappa shape index (κ2) is 26.8. The van der Waals surface area contributed by atoms with E-state index < -0.39 is 133 Å². The van der Waals surface area contributed by atoms with E-state index >= 15 is 0 Å². The van der Waals surface area contributed by atoms with E-state index in [9.17, 15) is 63.3 Å². The Hall–Kier alpha value is -6.66. The van der Waals surface area contributed by atoms with Crippen molar-refractivity contribution in [2.45, 2.75) is 133 Å². The molecule has 2 rings (SSSR count). The van der Waals surface area contributed by atoms with Gasteiger partial charge < -0.3 is 75.1 Å². The van der Waals surface area contributed by atoms with Gasteiger partial charge in [-0.15, -0.1) is 0 Å². The molecule has 8 atom stereocenters. The Morgan fingerprint density at radius 3 is 1.68 bits per heavy atom. The van der Waals surface area contributed by atoms with Gasteiger partial charge in [-0.05, 0) is 69.5 Å². The molecule has 0 bridgehead atoms. The second-order valence-corrected chi connectivity index (χ2v) is 16.1. The van der Waals surface area contributed by atoms with Gasteiger partial charge in [-0.2, -0.15) is 0 Å². The first-order chi connectivity index (χ1) is 30.5. The van der Waals surface area contributed by atoms with Gasteiger partial charge in [-0.25, -0.2) is 4.79 Å². The molecule has 0 radical (unpaired) electrons. The smallest absolute Gasteiger partial charge is 0.328 e. The zero-order valence-electron chi connectivity index (χ0n) is 36.6. The van der Waals surface area contributed by atoms with Crippen molar-refractivity contribution in [3.63, 3.8) is 0 Å². The summed E-state index contributed by atoms with van der Waals surface area (Å²) >= 11 is 0. The molecule has 0 saturated heterocycles. The van der Waals surface area contributed by atoms with Crippen molar-refractivity contribution in [1.82, 2.24) is 36.9 Å². The summed E-state index contributed by atoms with van der Waals surface area (Å²) in [7, 11) is 0. The number of benzene rings is 1. The number of fused-ring (bicyclic) bond motifs is 1. The Morgan fingerprint density at radius 1 is 0.646 bits per heavy atom. The summed E-state index contributed by atoms with van der Waals surface area (Å²) in [5.74, 6) is -10.7. The van der Waals surface area contributed by atoms with Crippen LogP contribution in [-0.4, -0.2) is 134 Å². The van der Waals surface area contributed by atoms with E-state index in [1.54, 1.807) is 44.3 Å². The van der Waals surface area contributed by atoms with Crippen molar-refractivity contribution >= 4 is 70.1 Å². The van der Waals surface area contributed by atoms with E-state index in [2.05, 4.69) is 36.9 Å². The lowest BCUT2D eigenvalue weighted by atomic mass is 10.00. The predicted molar refractivity (Wildman–Crippen MR) is 232 cm³/mol. The molecule has 8 unspecified atom stereocenters. The predicted octanol–water partition coefficient (Wildman–Crippen LogP) is -3.41. The number of amides is 8. The van der Waals surface area contributed by atoms with Crippen LogP contribution in [0.25, 0.3) is 10.9 Å². The minimum Gasteiger partial charge on any atom is -0.481 e. The van der Waals surface area contributed by atoms with Crippen molar-refractivity contribution in [3.8, 4) is 0 Å². The van der Waals surface area contributed by atoms with Crippen LogP contribution in [-0.2, 0) is 54.4 Å². The first-order valence-corrected chi connectivity index (χ1v) is 21.1. The van der Waals surface area contributed by atoms with Crippen molar-refractivity contribution in [2.24, 2.45) is 28.9 Å². The van der Waals surface area contributed by atoms with E-state index in [-0.39, 0.29) is 44.6 Å². The number of primary amides is 2. The number of carbonyl (C=O) groups is 10. The number of hydrogen-bond donors (Lipinski definition) is 14. The maximum atomic E-state index is 14.1. The molecule has 0 spiro atoms. The van der Waals surface area contributed by atoms with E-state index in [4.69, 9.17) is 22.9 Å². The maximum Gasteiger partial charge on any atom is 0.328 e. The molecule has 0 aliphatic rings. The summed E-state index contributed by atoms with van der Waals surface area (Å²) in [6, 6.07) is -3.50. The van der Waals surface area contributed by atoms with Crippen LogP contribution in [0.3, 0.4) is 0 Å². The lowest BCUT2D eigenvalue weighted by Crippen LogP contribution is -2.60. The van der Waals surface area contributed by atoms with Gasteiger partial charge in [0.15, 0.2) is 6.04 Å². The zero-order chi connectivity index (χ0) is 49.0. The van der Waals surface area contributed by atoms with Crippen molar-refractivity contribution in [1.29, 1.82) is 0 Å². The number of aliphatic hydroxyl groups is 1. The normalized spacial score (nSPS) is 14.9. The third kappa shape index (κ3) is 18.9. The average Bonchev–Trinajstić information content (AvgIpc) is 3.63. The number of hydrogen-bond acceptors (Lipinski definition) is 13. The van der Waals surface area contributed by atoms with E-state index in [1.165, 1.54) is 0 Å². The molecule has 1 aromatic heterocycles. The molecular weight excluding hydrogens is 855 g/mol. The molecule has 2 aromatic rings. The quantitative estimate of drug-likeness (QED) is 0.0340. The number of rotatable bonds is 30. The number of aliphatic hydroxyl groups excluding tert-OH is 1. The van der Waals surface area contributed by atoms with E-state index in [1.807, 2.05) is 0 Å². The number of carboxylic acid groups (broad SMARTS) is 2. The molecule has 1 aromatic carbocycles. The topological polar surface area (TPSA) is 423 Å². The number of aromatic nitrogens is 1. The van der Waals surface area contributed by atoms with Gasteiger partial charge in [0.25, 0.3) is 0 Å². The highest BCUT2D eigenvalue weighted by molar-refractivity contribution is 5.98. The molecule has 0 saturated carbocycles. The summed E-state index contributed by atoms with van der Waals surface area (Å²) in [5, 5.41) is 43.9. The van der Waals surface area contributed by atoms with Crippen LogP contribution in [0.4, 0.5) is 0 Å². The molecule has 1 heterocycles. The standard InChI is InChI=1S/C41H63N11O13/c1-20(2)16-29(39(62)49-28(12-14-33(56)57)38(61)52-34(21(3)53)41(64)65)51-36(59)26(10-6-7-15-42)47-37(60)27(11-13-31(44)54)48-40(63)30(50-35(58)24(43)18-32(45)55)17-22-19-46-25-9-5-4-8-23(22)25/h4-5,8-9,19-21,24,26-30,34,46,53H,6-7,10-18,42-43H2,1-3H3,(H2,44,54)(H2,45,55)(H,47,60)(H,48,63)(H,49,62)(H,50,58)(H,51,59)(H,52,61)(H,56,57)(H,64,65). The highest BCUT2D eigenvalue weighted by Crippen LogP contribution is 2.20. The number of H-pyrrole nitrogens is 1. The van der Waals surface area contributed by atoms with Crippen LogP contribution in [0.1, 0.15) is 84.1 Å². The fourth-order valence-electron chi connectivity index (χ4n) is 6.61. The molecule has 8 amide bonds. The number of unbranched alkanes of at least 4 members (excludes halogenated alkanes) is 1. The minimum atomic E-state index is -1.80. The van der Waals surface area contributed by atoms with E-state index in [0.717, 1.165) is 6.92 Å². The number of aromatic amines is 1. The summed E-state index contributed by atoms with van der Waals surface area (Å²) in [5.41, 5.74) is 23.5. The first-order valence-electron chi connectivity index (χ1n) is 21.1. The molecule has 24 heteroatoms. The number of nitrogens with one attached hydrogen (secondary N) is 7. The van der Waals surface area contributed by atoms with Crippen molar-refractivity contribution in [2.75, 3.05) is 6.54 Å². The summed E-state index contributed by atoms with van der Waals surface area (Å²) in [4.78, 5) is 132. The fourth-order valence-corrected chi connectivity index (χ4v) is 6.61. The molecular formula is C41H63N11O13.